The molecule has 30 heavy (non-hydrogen) atoms. The molecule has 10 heteroatoms. The number of hydrogen-bond donors (Lipinski definition) is 2. The maximum Gasteiger partial charge on any atom is 0.414 e. The van der Waals surface area contributed by atoms with E-state index in [0.29, 0.717) is 29.1 Å². The first-order valence-corrected chi connectivity index (χ1v) is 9.18. The molecule has 2 aromatic rings. The minimum absolute atomic E-state index is 0.0954. The number of carbonyl (C=O) groups excluding carboxylic acids is 3. The van der Waals surface area contributed by atoms with Gasteiger partial charge in [-0.25, -0.2) is 14.2 Å². The van der Waals surface area contributed by atoms with Gasteiger partial charge in [0.15, 0.2) is 0 Å². The second-order valence-corrected chi connectivity index (χ2v) is 6.70. The summed E-state index contributed by atoms with van der Waals surface area (Å²) in [6.07, 6.45) is 0.780. The number of halogens is 1. The number of nitrogens with two attached hydrogens (primary N) is 1. The summed E-state index contributed by atoms with van der Waals surface area (Å²) in [5.74, 6) is -1.05. The quantitative estimate of drug-likeness (QED) is 0.679. The van der Waals surface area contributed by atoms with Crippen LogP contribution in [-0.2, 0) is 19.1 Å². The number of methoxy groups -OCH3 is 1. The van der Waals surface area contributed by atoms with E-state index in [-0.39, 0.29) is 25.5 Å². The van der Waals surface area contributed by atoms with E-state index in [9.17, 15) is 18.8 Å². The molecule has 0 spiro atoms. The fourth-order valence-electron chi connectivity index (χ4n) is 3.03. The highest BCUT2D eigenvalue weighted by Gasteiger charge is 2.32. The molecule has 0 saturated carbocycles. The molecule has 1 aromatic heterocycles. The van der Waals surface area contributed by atoms with Gasteiger partial charge in [0.25, 0.3) is 5.91 Å². The van der Waals surface area contributed by atoms with Crippen molar-refractivity contribution in [3.63, 3.8) is 0 Å². The van der Waals surface area contributed by atoms with Crippen molar-refractivity contribution in [3.8, 4) is 11.1 Å². The highest BCUT2D eigenvalue weighted by Crippen LogP contribution is 2.29. The average Bonchev–Trinajstić information content (AvgIpc) is 3.08. The van der Waals surface area contributed by atoms with E-state index in [1.165, 1.54) is 30.3 Å². The van der Waals surface area contributed by atoms with Crippen LogP contribution in [0.4, 0.5) is 20.7 Å². The number of carbonyl (C=O) groups is 3. The lowest BCUT2D eigenvalue weighted by atomic mass is 10.1. The van der Waals surface area contributed by atoms with Crippen molar-refractivity contribution in [2.24, 2.45) is 5.73 Å². The van der Waals surface area contributed by atoms with Crippen LogP contribution in [0.2, 0.25) is 0 Å². The highest BCUT2D eigenvalue weighted by molar-refractivity contribution is 5.91. The fourth-order valence-corrected chi connectivity index (χ4v) is 3.03. The second kappa shape index (κ2) is 9.31. The molecule has 1 aromatic carbocycles. The third-order valence-corrected chi connectivity index (χ3v) is 4.47. The summed E-state index contributed by atoms with van der Waals surface area (Å²) in [6.45, 7) is 0.115. The lowest BCUT2D eigenvalue weighted by molar-refractivity contribution is -0.120. The minimum Gasteiger partial charge on any atom is -0.444 e. The number of amides is 3. The van der Waals surface area contributed by atoms with Crippen molar-refractivity contribution in [1.29, 1.82) is 0 Å². The topological polar surface area (TPSA) is 124 Å². The van der Waals surface area contributed by atoms with Gasteiger partial charge in [0, 0.05) is 30.9 Å². The standard InChI is InChI=1S/C20H21FN4O5/c1-29-11-19(27)24-18-7-2-12(9-23-18)15-5-3-13(8-16(15)21)25-10-14(30-20(25)28)4-6-17(22)26/h2-3,5,7-9,14H,4,6,10-11H2,1H3,(H2,22,26)(H,23,24,27). The molecule has 9 nitrogen and oxygen atoms in total. The highest BCUT2D eigenvalue weighted by atomic mass is 19.1. The minimum atomic E-state index is -0.602. The maximum atomic E-state index is 14.7. The first kappa shape index (κ1) is 21.2. The number of benzene rings is 1. The van der Waals surface area contributed by atoms with Crippen LogP contribution in [0, 0.1) is 5.82 Å². The van der Waals surface area contributed by atoms with E-state index in [1.54, 1.807) is 18.2 Å². The number of ether oxygens (including phenoxy) is 2. The Labute approximate surface area is 172 Å². The van der Waals surface area contributed by atoms with Gasteiger partial charge in [0.2, 0.25) is 5.91 Å². The predicted octanol–water partition coefficient (Wildman–Crippen LogP) is 2.06. The molecule has 1 aliphatic rings. The molecule has 2 heterocycles. The molecule has 3 amide bonds. The van der Waals surface area contributed by atoms with Crippen LogP contribution in [0.5, 0.6) is 0 Å². The third-order valence-electron chi connectivity index (χ3n) is 4.47. The lowest BCUT2D eigenvalue weighted by Gasteiger charge is -2.14. The molecule has 0 aliphatic carbocycles. The zero-order valence-corrected chi connectivity index (χ0v) is 16.3. The molecule has 1 aliphatic heterocycles. The van der Waals surface area contributed by atoms with Gasteiger partial charge in [-0.1, -0.05) is 0 Å². The molecule has 0 radical (unpaired) electrons. The number of anilines is 2. The molecule has 1 saturated heterocycles. The summed E-state index contributed by atoms with van der Waals surface area (Å²) >= 11 is 0. The summed E-state index contributed by atoms with van der Waals surface area (Å²) in [5, 5.41) is 2.55. The van der Waals surface area contributed by atoms with E-state index in [4.69, 9.17) is 15.2 Å². The first-order valence-electron chi connectivity index (χ1n) is 9.18. The Hall–Kier alpha value is -3.53. The van der Waals surface area contributed by atoms with E-state index in [0.717, 1.165) is 0 Å². The number of primary amides is 1. The van der Waals surface area contributed by atoms with Crippen LogP contribution >= 0.6 is 0 Å². The van der Waals surface area contributed by atoms with Crippen LogP contribution in [0.3, 0.4) is 0 Å². The predicted molar refractivity (Wildman–Crippen MR) is 106 cm³/mol. The van der Waals surface area contributed by atoms with Crippen molar-refractivity contribution in [2.75, 3.05) is 30.5 Å². The van der Waals surface area contributed by atoms with Crippen LogP contribution in [0.1, 0.15) is 12.8 Å². The van der Waals surface area contributed by atoms with Crippen molar-refractivity contribution in [3.05, 3.63) is 42.3 Å². The summed E-state index contributed by atoms with van der Waals surface area (Å²) in [7, 11) is 1.41. The number of rotatable bonds is 8. The zero-order valence-electron chi connectivity index (χ0n) is 16.3. The molecule has 3 N–H and O–H groups in total. The Morgan fingerprint density at radius 3 is 2.80 bits per heavy atom. The smallest absolute Gasteiger partial charge is 0.414 e. The van der Waals surface area contributed by atoms with E-state index >= 15 is 0 Å². The van der Waals surface area contributed by atoms with Gasteiger partial charge >= 0.3 is 6.09 Å². The average molecular weight is 416 g/mol. The molecule has 1 fully saturated rings. The SMILES string of the molecule is COCC(=O)Nc1ccc(-c2ccc(N3CC(CCC(N)=O)OC3=O)cc2F)cn1. The number of hydrogen-bond acceptors (Lipinski definition) is 6. The summed E-state index contributed by atoms with van der Waals surface area (Å²) in [6, 6.07) is 7.55. The van der Waals surface area contributed by atoms with Gasteiger partial charge in [0.1, 0.15) is 24.3 Å². The molecule has 158 valence electrons. The van der Waals surface area contributed by atoms with E-state index in [1.807, 2.05) is 0 Å². The van der Waals surface area contributed by atoms with Crippen LogP contribution < -0.4 is 16.0 Å². The van der Waals surface area contributed by atoms with Crippen molar-refractivity contribution >= 4 is 29.4 Å². The van der Waals surface area contributed by atoms with Crippen molar-refractivity contribution in [1.82, 2.24) is 4.98 Å². The van der Waals surface area contributed by atoms with Gasteiger partial charge < -0.3 is 20.5 Å². The zero-order chi connectivity index (χ0) is 21.7. The molecular weight excluding hydrogens is 395 g/mol. The van der Waals surface area contributed by atoms with Crippen LogP contribution in [0.15, 0.2) is 36.5 Å². The van der Waals surface area contributed by atoms with E-state index in [2.05, 4.69) is 10.3 Å². The Balaban J connectivity index is 1.70. The maximum absolute atomic E-state index is 14.7. The number of nitrogens with one attached hydrogen (secondary N) is 1. The number of pyridine rings is 1. The van der Waals surface area contributed by atoms with Gasteiger partial charge in [-0.05, 0) is 36.8 Å². The Morgan fingerprint density at radius 1 is 1.37 bits per heavy atom. The number of aromatic nitrogens is 1. The second-order valence-electron chi connectivity index (χ2n) is 6.70. The van der Waals surface area contributed by atoms with Crippen LogP contribution in [-0.4, -0.2) is 49.3 Å². The van der Waals surface area contributed by atoms with Crippen LogP contribution in [0.25, 0.3) is 11.1 Å². The van der Waals surface area contributed by atoms with Crippen molar-refractivity contribution < 1.29 is 28.2 Å². The molecule has 3 rings (SSSR count). The molecule has 1 atom stereocenters. The fraction of sp³-hybridized carbons (Fsp3) is 0.300. The Bertz CT molecular complexity index is 951. The first-order chi connectivity index (χ1) is 14.4. The van der Waals surface area contributed by atoms with Gasteiger partial charge in [0.05, 0.1) is 12.2 Å². The molecule has 0 bridgehead atoms. The van der Waals surface area contributed by atoms with E-state index < -0.39 is 23.9 Å². The van der Waals surface area contributed by atoms with Gasteiger partial charge in [-0.15, -0.1) is 0 Å². The summed E-state index contributed by atoms with van der Waals surface area (Å²) < 4.78 is 24.7. The number of cyclic esters (lactones) is 1. The monoisotopic (exact) mass is 416 g/mol. The van der Waals surface area contributed by atoms with Crippen molar-refractivity contribution in [2.45, 2.75) is 18.9 Å². The normalized spacial score (nSPS) is 15.7. The third kappa shape index (κ3) is 5.09. The molecule has 1 unspecified atom stereocenters. The largest absolute Gasteiger partial charge is 0.444 e. The Kier molecular flexibility index (Phi) is 6.58. The summed E-state index contributed by atoms with van der Waals surface area (Å²) in [5.41, 5.74) is 6.26. The number of nitrogens with zero attached hydrogens (tertiary/aromatic N) is 2. The lowest BCUT2D eigenvalue weighted by Crippen LogP contribution is -2.25. The molecular formula is C20H21FN4O5. The van der Waals surface area contributed by atoms with Gasteiger partial charge in [-0.3, -0.25) is 14.5 Å². The Morgan fingerprint density at radius 2 is 2.17 bits per heavy atom. The van der Waals surface area contributed by atoms with Gasteiger partial charge in [-0.2, -0.15) is 0 Å². The summed E-state index contributed by atoms with van der Waals surface area (Å²) in [4.78, 5) is 39.9.